The number of amides is 1. The van der Waals surface area contributed by atoms with Crippen molar-refractivity contribution in [2.24, 2.45) is 5.41 Å². The van der Waals surface area contributed by atoms with Gasteiger partial charge in [-0.15, -0.1) is 0 Å². The van der Waals surface area contributed by atoms with E-state index in [-0.39, 0.29) is 83.6 Å². The van der Waals surface area contributed by atoms with Gasteiger partial charge in [-0.05, 0) is 82.9 Å². The minimum atomic E-state index is -5.84. The van der Waals surface area contributed by atoms with Crippen LogP contribution in [0, 0.1) is 17.3 Å². The van der Waals surface area contributed by atoms with Gasteiger partial charge in [0, 0.05) is 78.0 Å². The van der Waals surface area contributed by atoms with Crippen molar-refractivity contribution in [3.05, 3.63) is 117 Å². The summed E-state index contributed by atoms with van der Waals surface area (Å²) in [5, 5.41) is 13.4. The first-order chi connectivity index (χ1) is 41.2. The number of nitrogens with zero attached hydrogens (tertiary/aromatic N) is 4. The monoisotopic (exact) mass is 1330 g/mol. The number of phosphoric ester groups is 1. The summed E-state index contributed by atoms with van der Waals surface area (Å²) in [6, 6.07) is 8.35. The number of phosphoric acid groups is 3. The minimum Gasteiger partial charge on any atom is -0.460 e. The number of allylic oxidation sites excluding steroid dienone is 9. The number of benzene rings is 2. The summed E-state index contributed by atoms with van der Waals surface area (Å²) in [6.45, 7) is 16.3. The Kier molecular flexibility index (Phi) is 19.9. The van der Waals surface area contributed by atoms with Crippen LogP contribution in [0.1, 0.15) is 116 Å². The Morgan fingerprint density at radius 3 is 2.39 bits per heavy atom. The van der Waals surface area contributed by atoms with Gasteiger partial charge < -0.3 is 54.7 Å². The predicted octanol–water partition coefficient (Wildman–Crippen LogP) is 7.06. The number of rotatable bonds is 22. The van der Waals surface area contributed by atoms with Crippen LogP contribution in [0.25, 0.3) is 22.2 Å². The number of aromatic nitrogens is 3. The summed E-state index contributed by atoms with van der Waals surface area (Å²) >= 11 is 0. The smallest absolute Gasteiger partial charge is 0.460 e. The molecule has 0 radical (unpaired) electrons. The number of carbonyl (C=O) groups excluding carboxylic acids is 1. The molecule has 0 bridgehead atoms. The van der Waals surface area contributed by atoms with Gasteiger partial charge in [0.1, 0.15) is 30.4 Å². The number of H-pyrrole nitrogens is 1. The molecule has 6 heterocycles. The Balaban J connectivity index is 1.01. The quantitative estimate of drug-likeness (QED) is 0.0124. The number of nitrogens with one attached hydrogen (secondary N) is 2. The molecule has 1 fully saturated rings. The third kappa shape index (κ3) is 16.3. The standard InChI is InChI=1S/C56H70N7O21P3S2/c1-9-63-42-29-44-39(28-38(42)34(2)31-55(63,6)7)35(26-47(81-44)54(3,4)5)16-11-10-12-18-46-56(8,40-27-37(89(77,78)79)20-21-41(40)61(46)24-15-25-88(74,75)76)22-13-19-48(65)58-23-14-17-36-32-62(51-50(36)52(66)60-53(57)59-51)49-30-43(64)45(82-49)33-80-86(70,71)84-87(72,73)83-85(67,68)69/h10-12,16,18,20-21,26-29,31-32,43,45,49,64H,9,13,15,19,22-25,30,33H2,1-8H3,(H9-,57,58,59,60,65,66,67,68,69,70,71,72,73,74,75,76,77,78,79)/p+1/t43-,45+,49+,56?/m0/s1. The molecule has 4 aromatic rings. The first kappa shape index (κ1) is 68.7. The highest BCUT2D eigenvalue weighted by Crippen LogP contribution is 2.66. The lowest BCUT2D eigenvalue weighted by Crippen LogP contribution is -2.45. The fourth-order valence-electron chi connectivity index (χ4n) is 11.3. The lowest BCUT2D eigenvalue weighted by atomic mass is 9.75. The topological polar surface area (TPSA) is 419 Å². The molecule has 11 N–H and O–H groups in total. The van der Waals surface area contributed by atoms with E-state index in [4.69, 9.17) is 25.0 Å². The number of anilines is 2. The zero-order chi connectivity index (χ0) is 65.6. The van der Waals surface area contributed by atoms with Gasteiger partial charge in [-0.1, -0.05) is 63.0 Å². The average molecular weight is 1340 g/mol. The number of ether oxygens (including phenoxy) is 2. The van der Waals surface area contributed by atoms with Crippen LogP contribution in [0.5, 0.6) is 5.75 Å². The van der Waals surface area contributed by atoms with Crippen LogP contribution in [0.15, 0.2) is 94.5 Å². The second-order valence-corrected chi connectivity index (χ2v) is 30.7. The van der Waals surface area contributed by atoms with Crippen LogP contribution in [-0.4, -0.2) is 131 Å². The Morgan fingerprint density at radius 1 is 1.01 bits per heavy atom. The predicted molar refractivity (Wildman–Crippen MR) is 329 cm³/mol. The molecule has 0 spiro atoms. The lowest BCUT2D eigenvalue weighted by molar-refractivity contribution is -0.437. The van der Waals surface area contributed by atoms with E-state index < -0.39 is 91.4 Å². The molecule has 0 aliphatic carbocycles. The van der Waals surface area contributed by atoms with Crippen LogP contribution < -0.4 is 26.2 Å². The molecular formula is C56H71N7O21P3S2+. The van der Waals surface area contributed by atoms with Crippen molar-refractivity contribution >= 4 is 94.8 Å². The van der Waals surface area contributed by atoms with Crippen molar-refractivity contribution in [1.82, 2.24) is 19.9 Å². The van der Waals surface area contributed by atoms with E-state index in [0.717, 1.165) is 46.0 Å². The molecule has 4 aliphatic rings. The van der Waals surface area contributed by atoms with Crippen molar-refractivity contribution in [2.45, 2.75) is 122 Å². The number of likely N-dealkylation sites (N-methyl/N-ethyl adjacent to an activating group) is 1. The minimum absolute atomic E-state index is 0.0306. The molecule has 6 atom stereocenters. The summed E-state index contributed by atoms with van der Waals surface area (Å²) in [7, 11) is -26.2. The molecule has 1 amide bonds. The van der Waals surface area contributed by atoms with Crippen molar-refractivity contribution in [3.63, 3.8) is 0 Å². The number of hydrogen-bond acceptors (Lipinski definition) is 18. The third-order valence-corrected chi connectivity index (χ3v) is 20.7. The van der Waals surface area contributed by atoms with Gasteiger partial charge >= 0.3 is 23.5 Å². The van der Waals surface area contributed by atoms with E-state index in [1.165, 1.54) is 29.0 Å². The maximum absolute atomic E-state index is 13.5. The largest absolute Gasteiger partial charge is 0.490 e. The SMILES string of the molecule is CCN1c2cc3c(cc2C(C)=CC1(C)C)C(=CC=CC=CC1=[N+](CCCS(=O)(=O)O)c2ccc(S(=O)(=O)O)cc2C1(C)CCCC(=O)NCC#Cc1cn([C@H]2C[C@H](O)[C@@H](COP(=O)(O)OP(=O)(O)OP(=O)(O)O)O2)c2nc(N)[nH]c(=O)c12)C=C(C(C)(C)C)O3. The maximum Gasteiger partial charge on any atom is 0.490 e. The van der Waals surface area contributed by atoms with Crippen molar-refractivity contribution in [3.8, 4) is 17.6 Å². The fraction of sp³-hybridized carbons (Fsp3) is 0.429. The highest BCUT2D eigenvalue weighted by Gasteiger charge is 2.48. The fourth-order valence-corrected chi connectivity index (χ4v) is 15.3. The van der Waals surface area contributed by atoms with E-state index in [1.807, 2.05) is 41.9 Å². The number of nitrogens with two attached hydrogens (primary N) is 1. The number of aliphatic hydroxyl groups is 1. The van der Waals surface area contributed by atoms with Crippen LogP contribution in [-0.2, 0) is 62.0 Å². The number of nitrogen functional groups attached to an aromatic ring is 1. The Morgan fingerprint density at radius 2 is 1.73 bits per heavy atom. The van der Waals surface area contributed by atoms with Gasteiger partial charge in [-0.3, -0.25) is 28.2 Å². The second kappa shape index (κ2) is 25.8. The van der Waals surface area contributed by atoms with E-state index in [1.54, 1.807) is 6.08 Å². The molecule has 482 valence electrons. The first-order valence-electron chi connectivity index (χ1n) is 27.8. The maximum atomic E-state index is 13.5. The summed E-state index contributed by atoms with van der Waals surface area (Å²) in [5.41, 5.74) is 10.2. The zero-order valence-electron chi connectivity index (χ0n) is 49.7. The first-order valence-corrected chi connectivity index (χ1v) is 35.4. The highest BCUT2D eigenvalue weighted by atomic mass is 32.2. The molecule has 4 aliphatic heterocycles. The summed E-state index contributed by atoms with van der Waals surface area (Å²) in [4.78, 5) is 72.3. The molecule has 2 aromatic carbocycles. The number of carbonyl (C=O) groups is 1. The molecular weight excluding hydrogens is 1260 g/mol. The molecule has 3 unspecified atom stereocenters. The van der Waals surface area contributed by atoms with Gasteiger partial charge in [0.25, 0.3) is 25.8 Å². The van der Waals surface area contributed by atoms with Crippen LogP contribution in [0.2, 0.25) is 0 Å². The molecule has 8 rings (SSSR count). The van der Waals surface area contributed by atoms with Crippen molar-refractivity contribution in [2.75, 3.05) is 42.6 Å². The Bertz CT molecular complexity index is 4220. The van der Waals surface area contributed by atoms with Gasteiger partial charge in [0.05, 0.1) is 51.8 Å². The molecule has 2 aromatic heterocycles. The van der Waals surface area contributed by atoms with Crippen molar-refractivity contribution in [1.29, 1.82) is 0 Å². The summed E-state index contributed by atoms with van der Waals surface area (Å²) in [5.74, 6) is 5.75. The number of aliphatic hydroxyl groups excluding tert-OH is 1. The number of fused-ring (bicyclic) bond motifs is 4. The van der Waals surface area contributed by atoms with Crippen LogP contribution >= 0.6 is 23.5 Å². The average Bonchev–Trinajstić information content (AvgIpc) is 1.81. The number of aromatic amines is 1. The summed E-state index contributed by atoms with van der Waals surface area (Å²) in [6.07, 6.45) is 10.9. The van der Waals surface area contributed by atoms with E-state index in [0.29, 0.717) is 17.0 Å². The highest BCUT2D eigenvalue weighted by molar-refractivity contribution is 7.86. The van der Waals surface area contributed by atoms with E-state index in [9.17, 15) is 64.1 Å². The number of hydrogen-bond donors (Lipinski definition) is 10. The van der Waals surface area contributed by atoms with Gasteiger partial charge in [0.15, 0.2) is 11.4 Å². The van der Waals surface area contributed by atoms with Gasteiger partial charge in [-0.2, -0.15) is 35.0 Å². The van der Waals surface area contributed by atoms with Gasteiger partial charge in [0.2, 0.25) is 17.5 Å². The second-order valence-electron chi connectivity index (χ2n) is 23.3. The molecule has 28 nitrogen and oxygen atoms in total. The Labute approximate surface area is 513 Å². The third-order valence-electron chi connectivity index (χ3n) is 15.2. The van der Waals surface area contributed by atoms with E-state index >= 15 is 0 Å². The molecule has 89 heavy (non-hydrogen) atoms. The molecule has 0 saturated carbocycles. The lowest BCUT2D eigenvalue weighted by Gasteiger charge is -2.43. The van der Waals surface area contributed by atoms with Gasteiger partial charge in [-0.25, -0.2) is 13.7 Å². The molecule has 33 heteroatoms. The molecule has 1 saturated heterocycles. The van der Waals surface area contributed by atoms with Crippen molar-refractivity contribution < 1.29 is 96.3 Å². The normalized spacial score (nSPS) is 22.1. The van der Waals surface area contributed by atoms with Crippen LogP contribution in [0.4, 0.5) is 17.3 Å². The van der Waals surface area contributed by atoms with E-state index in [2.05, 4.69) is 112 Å². The zero-order valence-corrected chi connectivity index (χ0v) is 54.0. The Hall–Kier alpha value is -6.19. The summed E-state index contributed by atoms with van der Waals surface area (Å²) < 4.78 is 132. The van der Waals surface area contributed by atoms with Crippen LogP contribution in [0.3, 0.4) is 0 Å².